The van der Waals surface area contributed by atoms with E-state index in [-0.39, 0.29) is 14.9 Å². The number of hydrogen-bond donors (Lipinski definition) is 3. The molecule has 3 heterocycles. The van der Waals surface area contributed by atoms with Crippen molar-refractivity contribution in [3.63, 3.8) is 0 Å². The molecule has 0 bridgehead atoms. The van der Waals surface area contributed by atoms with E-state index < -0.39 is 10.4 Å². The lowest BCUT2D eigenvalue weighted by Crippen LogP contribution is -2.43. The van der Waals surface area contributed by atoms with Gasteiger partial charge in [0.1, 0.15) is 21.6 Å². The lowest BCUT2D eigenvalue weighted by Gasteiger charge is -2.28. The Morgan fingerprint density at radius 2 is 1.83 bits per heavy atom. The van der Waals surface area contributed by atoms with Gasteiger partial charge >= 0.3 is 10.4 Å². The van der Waals surface area contributed by atoms with Crippen LogP contribution in [0.3, 0.4) is 0 Å². The quantitative estimate of drug-likeness (QED) is 0.364. The van der Waals surface area contributed by atoms with E-state index in [1.807, 2.05) is 26.1 Å². The van der Waals surface area contributed by atoms with Crippen molar-refractivity contribution in [2.45, 2.75) is 32.1 Å². The fourth-order valence-electron chi connectivity index (χ4n) is 4.18. The highest BCUT2D eigenvalue weighted by Gasteiger charge is 2.38. The Morgan fingerprint density at radius 1 is 1.17 bits per heavy atom. The summed E-state index contributed by atoms with van der Waals surface area (Å²) < 4.78 is 29.1. The minimum Gasteiger partial charge on any atom is -0.354 e. The molecule has 8 nitrogen and oxygen atoms in total. The van der Waals surface area contributed by atoms with Crippen molar-refractivity contribution in [1.29, 1.82) is 0 Å². The van der Waals surface area contributed by atoms with Gasteiger partial charge in [0, 0.05) is 39.4 Å². The van der Waals surface area contributed by atoms with Crippen LogP contribution in [0, 0.1) is 12.8 Å². The van der Waals surface area contributed by atoms with E-state index in [0.717, 1.165) is 54.5 Å². The number of nitrogens with zero attached hydrogens (tertiary/aromatic N) is 4. The summed E-state index contributed by atoms with van der Waals surface area (Å²) in [6, 6.07) is 7.20. The normalized spacial score (nSPS) is 15.9. The molecule has 1 aliphatic heterocycles. The number of piperazine rings is 1. The van der Waals surface area contributed by atoms with E-state index in [9.17, 15) is 8.76 Å². The molecule has 2 aromatic heterocycles. The smallest absolute Gasteiger partial charge is 0.349 e. The lowest BCUT2D eigenvalue weighted by molar-refractivity contribution is 0.502. The largest absolute Gasteiger partial charge is 0.354 e. The van der Waals surface area contributed by atoms with E-state index in [1.54, 1.807) is 23.0 Å². The van der Waals surface area contributed by atoms with E-state index in [1.165, 1.54) is 0 Å². The number of nitrogens with one attached hydrogen (secondary N) is 2. The molecule has 1 saturated heterocycles. The van der Waals surface area contributed by atoms with E-state index in [0.29, 0.717) is 18.0 Å². The number of pyridine rings is 1. The van der Waals surface area contributed by atoms with Crippen LogP contribution in [0.4, 0.5) is 11.5 Å². The summed E-state index contributed by atoms with van der Waals surface area (Å²) >= 11 is 13.1. The van der Waals surface area contributed by atoms with Gasteiger partial charge in [0.05, 0.1) is 11.4 Å². The number of hydrogen-bond acceptors (Lipinski definition) is 5. The minimum absolute atomic E-state index is 0.0419. The SMILES string of the molecule is Cc1c(N[S+](=O)(O)c2c(Cl)cc(-c3ccnc(N4CCNCC4)c3)cc2Cl)c(CC(C)C)nn1C. The third kappa shape index (κ3) is 5.65. The summed E-state index contributed by atoms with van der Waals surface area (Å²) in [6.45, 7) is 9.56. The molecule has 3 N–H and O–H groups in total. The molecule has 0 spiro atoms. The second-order valence-electron chi connectivity index (χ2n) is 9.17. The third-order valence-electron chi connectivity index (χ3n) is 6.04. The molecule has 35 heavy (non-hydrogen) atoms. The first-order chi connectivity index (χ1) is 16.6. The molecular formula is C24H31Cl2N6O2S+. The highest BCUT2D eigenvalue weighted by molar-refractivity contribution is 7.99. The van der Waals surface area contributed by atoms with Crippen LogP contribution in [0.5, 0.6) is 0 Å². The van der Waals surface area contributed by atoms with Crippen LogP contribution >= 0.6 is 23.2 Å². The average Bonchev–Trinajstić information content (AvgIpc) is 3.05. The van der Waals surface area contributed by atoms with Gasteiger partial charge in [-0.05, 0) is 58.9 Å². The van der Waals surface area contributed by atoms with Crippen molar-refractivity contribution in [2.75, 3.05) is 35.8 Å². The van der Waals surface area contributed by atoms with Gasteiger partial charge in [-0.15, -0.1) is 0 Å². The molecule has 1 fully saturated rings. The predicted molar refractivity (Wildman–Crippen MR) is 144 cm³/mol. The first-order valence-corrected chi connectivity index (χ1v) is 13.8. The van der Waals surface area contributed by atoms with Crippen molar-refractivity contribution < 1.29 is 8.76 Å². The molecule has 188 valence electrons. The monoisotopic (exact) mass is 537 g/mol. The van der Waals surface area contributed by atoms with E-state index in [4.69, 9.17) is 23.2 Å². The molecule has 0 aliphatic carbocycles. The van der Waals surface area contributed by atoms with Crippen LogP contribution in [-0.2, 0) is 28.1 Å². The van der Waals surface area contributed by atoms with Crippen molar-refractivity contribution in [2.24, 2.45) is 13.0 Å². The number of aromatic nitrogens is 3. The van der Waals surface area contributed by atoms with Crippen LogP contribution in [0.25, 0.3) is 11.1 Å². The maximum Gasteiger partial charge on any atom is 0.349 e. The summed E-state index contributed by atoms with van der Waals surface area (Å²) in [7, 11) is -2.00. The highest BCUT2D eigenvalue weighted by atomic mass is 35.5. The highest BCUT2D eigenvalue weighted by Crippen LogP contribution is 2.39. The molecular weight excluding hydrogens is 507 g/mol. The Kier molecular flexibility index (Phi) is 7.73. The number of aryl methyl sites for hydroxylation is 1. The van der Waals surface area contributed by atoms with Gasteiger partial charge in [-0.2, -0.15) is 14.4 Å². The maximum absolute atomic E-state index is 13.5. The average molecular weight is 539 g/mol. The molecule has 3 aromatic rings. The Hall–Kier alpha value is -2.17. The van der Waals surface area contributed by atoms with Crippen LogP contribution in [0.15, 0.2) is 35.4 Å². The van der Waals surface area contributed by atoms with Crippen molar-refractivity contribution in [3.05, 3.63) is 51.9 Å². The summed E-state index contributed by atoms with van der Waals surface area (Å²) in [5.74, 6) is 1.20. The molecule has 1 aliphatic rings. The van der Waals surface area contributed by atoms with Gasteiger partial charge in [0.25, 0.3) is 4.90 Å². The molecule has 1 atom stereocenters. The van der Waals surface area contributed by atoms with Gasteiger partial charge in [-0.25, -0.2) is 4.98 Å². The second kappa shape index (κ2) is 10.4. The number of halogens is 2. The van der Waals surface area contributed by atoms with Crippen molar-refractivity contribution >= 4 is 45.1 Å². The first-order valence-electron chi connectivity index (χ1n) is 11.5. The van der Waals surface area contributed by atoms with E-state index in [2.05, 4.69) is 38.9 Å². The Labute approximate surface area is 217 Å². The maximum atomic E-state index is 13.5. The Morgan fingerprint density at radius 3 is 2.46 bits per heavy atom. The zero-order chi connectivity index (χ0) is 25.3. The predicted octanol–water partition coefficient (Wildman–Crippen LogP) is 5.06. The summed E-state index contributed by atoms with van der Waals surface area (Å²) in [5.41, 5.74) is 3.63. The van der Waals surface area contributed by atoms with Gasteiger partial charge in [0.15, 0.2) is 0 Å². The van der Waals surface area contributed by atoms with Crippen molar-refractivity contribution in [3.8, 4) is 11.1 Å². The molecule has 0 amide bonds. The van der Waals surface area contributed by atoms with Gasteiger partial charge < -0.3 is 10.2 Å². The van der Waals surface area contributed by atoms with Crippen LogP contribution in [0.2, 0.25) is 10.0 Å². The summed E-state index contributed by atoms with van der Waals surface area (Å²) in [6.07, 6.45) is 2.41. The van der Waals surface area contributed by atoms with Gasteiger partial charge in [-0.1, -0.05) is 37.0 Å². The molecule has 0 saturated carbocycles. The number of rotatable bonds is 7. The zero-order valence-electron chi connectivity index (χ0n) is 20.3. The number of anilines is 2. The van der Waals surface area contributed by atoms with Gasteiger partial charge in [0.2, 0.25) is 0 Å². The van der Waals surface area contributed by atoms with Crippen LogP contribution in [0.1, 0.15) is 25.2 Å². The molecule has 0 radical (unpaired) electrons. The first kappa shape index (κ1) is 25.9. The molecule has 11 heteroatoms. The second-order valence-corrected chi connectivity index (χ2v) is 11.6. The van der Waals surface area contributed by atoms with E-state index >= 15 is 0 Å². The fourth-order valence-corrected chi connectivity index (χ4v) is 6.59. The fraction of sp³-hybridized carbons (Fsp3) is 0.417. The summed E-state index contributed by atoms with van der Waals surface area (Å²) in [5, 5.41) is 8.07. The molecule has 1 aromatic carbocycles. The Bertz CT molecular complexity index is 1250. The lowest BCUT2D eigenvalue weighted by atomic mass is 10.1. The summed E-state index contributed by atoms with van der Waals surface area (Å²) in [4.78, 5) is 6.68. The standard InChI is InChI=1S/C24H30Cl2N6O2S/c1-15(2)11-21-23(16(3)31(4)29-21)30-35(33,34)24-19(25)12-18(13-20(24)26)17-5-6-28-22(14-17)32-9-7-27-8-10-32/h5-6,12-15,27H,7-11H2,1-4H3,(H-,30,33,34)/p+1. The Balaban J connectivity index is 1.66. The topological polar surface area (TPSA) is 95.3 Å². The molecule has 4 rings (SSSR count). The minimum atomic E-state index is -3.81. The number of benzene rings is 1. The molecule has 1 unspecified atom stereocenters. The van der Waals surface area contributed by atoms with Crippen LogP contribution < -0.4 is 14.9 Å². The van der Waals surface area contributed by atoms with Gasteiger partial charge in [-0.3, -0.25) is 4.68 Å². The third-order valence-corrected chi connectivity index (χ3v) is 8.34. The van der Waals surface area contributed by atoms with Crippen molar-refractivity contribution in [1.82, 2.24) is 20.1 Å². The zero-order valence-corrected chi connectivity index (χ0v) is 22.6. The van der Waals surface area contributed by atoms with Crippen LogP contribution in [-0.4, -0.2) is 45.5 Å².